The molecular weight excluding hydrogens is 192 g/mol. The number of rotatable bonds is 2. The standard InChI is InChI=1S/C4H10O.2C2H4O2.H2O/c1-2-3-4-5;2*1-2(3)4;/h5H,2-4H2,1H3;2*1H3,(H,3,4);1H2. The molecule has 0 amide bonds. The predicted molar refractivity (Wildman–Crippen MR) is 52.2 cm³/mol. The molecule has 0 rings (SSSR count). The Bertz CT molecular complexity index is 101. The lowest BCUT2D eigenvalue weighted by Gasteiger charge is -1.79. The van der Waals surface area contributed by atoms with Gasteiger partial charge in [-0.15, -0.1) is 0 Å². The summed E-state index contributed by atoms with van der Waals surface area (Å²) in [5, 5.41) is 22.9. The quantitative estimate of drug-likeness (QED) is 0.599. The lowest BCUT2D eigenvalue weighted by Crippen LogP contribution is -1.78. The summed E-state index contributed by atoms with van der Waals surface area (Å²) in [6.07, 6.45) is 2.04. The monoisotopic (exact) mass is 212 g/mol. The van der Waals surface area contributed by atoms with Gasteiger partial charge in [0.2, 0.25) is 0 Å². The molecule has 0 aliphatic rings. The first kappa shape index (κ1) is 23.0. The van der Waals surface area contributed by atoms with Crippen LogP contribution in [0.2, 0.25) is 0 Å². The third-order valence-corrected chi connectivity index (χ3v) is 0.512. The van der Waals surface area contributed by atoms with Gasteiger partial charge in [0.1, 0.15) is 0 Å². The van der Waals surface area contributed by atoms with Gasteiger partial charge in [0.25, 0.3) is 11.9 Å². The van der Waals surface area contributed by atoms with Crippen molar-refractivity contribution in [3.8, 4) is 0 Å². The SMILES string of the molecule is CC(=O)O.CC(=O)O.CCCCO.O. The molecule has 88 valence electrons. The molecule has 0 aromatic rings. The van der Waals surface area contributed by atoms with Crippen LogP contribution in [0.1, 0.15) is 33.6 Å². The van der Waals surface area contributed by atoms with Gasteiger partial charge < -0.3 is 20.8 Å². The molecule has 5 N–H and O–H groups in total. The molecule has 0 spiro atoms. The zero-order valence-electron chi connectivity index (χ0n) is 8.78. The maximum absolute atomic E-state index is 9.00. The molecule has 0 aliphatic carbocycles. The van der Waals surface area contributed by atoms with Crippen LogP contribution in [-0.4, -0.2) is 39.3 Å². The van der Waals surface area contributed by atoms with E-state index in [1.807, 2.05) is 0 Å². The summed E-state index contributed by atoms with van der Waals surface area (Å²) in [5.74, 6) is -1.67. The van der Waals surface area contributed by atoms with Crippen molar-refractivity contribution >= 4 is 11.9 Å². The van der Waals surface area contributed by atoms with E-state index in [0.717, 1.165) is 26.7 Å². The second-order valence-corrected chi connectivity index (χ2v) is 2.12. The Morgan fingerprint density at radius 3 is 1.29 bits per heavy atom. The van der Waals surface area contributed by atoms with E-state index in [1.165, 1.54) is 0 Å². The Morgan fingerprint density at radius 2 is 1.29 bits per heavy atom. The lowest BCUT2D eigenvalue weighted by atomic mass is 10.4. The summed E-state index contributed by atoms with van der Waals surface area (Å²) in [5.41, 5.74) is 0. The third kappa shape index (κ3) is 1430. The van der Waals surface area contributed by atoms with E-state index in [4.69, 9.17) is 24.9 Å². The van der Waals surface area contributed by atoms with Crippen molar-refractivity contribution < 1.29 is 30.4 Å². The van der Waals surface area contributed by atoms with Crippen LogP contribution >= 0.6 is 0 Å². The van der Waals surface area contributed by atoms with Gasteiger partial charge >= 0.3 is 0 Å². The van der Waals surface area contributed by atoms with Crippen LogP contribution in [-0.2, 0) is 9.59 Å². The van der Waals surface area contributed by atoms with Gasteiger partial charge in [-0.1, -0.05) is 13.3 Å². The molecule has 0 fully saturated rings. The number of unbranched alkanes of at least 4 members (excludes halogenated alkanes) is 1. The Hall–Kier alpha value is -1.14. The fraction of sp³-hybridized carbons (Fsp3) is 0.750. The molecule has 6 heteroatoms. The molecule has 0 bridgehead atoms. The first-order valence-corrected chi connectivity index (χ1v) is 3.88. The lowest BCUT2D eigenvalue weighted by molar-refractivity contribution is -0.135. The summed E-state index contributed by atoms with van der Waals surface area (Å²) in [4.78, 5) is 18.0. The summed E-state index contributed by atoms with van der Waals surface area (Å²) in [6, 6.07) is 0. The molecule has 0 saturated heterocycles. The van der Waals surface area contributed by atoms with Gasteiger partial charge in [-0.05, 0) is 6.42 Å². The zero-order valence-corrected chi connectivity index (χ0v) is 8.78. The van der Waals surface area contributed by atoms with Crippen LogP contribution in [0.25, 0.3) is 0 Å². The molecule has 14 heavy (non-hydrogen) atoms. The Morgan fingerprint density at radius 1 is 1.07 bits per heavy atom. The minimum Gasteiger partial charge on any atom is -0.481 e. The molecule has 0 saturated carbocycles. The van der Waals surface area contributed by atoms with E-state index >= 15 is 0 Å². The summed E-state index contributed by atoms with van der Waals surface area (Å²) < 4.78 is 0. The highest BCUT2D eigenvalue weighted by Gasteiger charge is 1.69. The summed E-state index contributed by atoms with van der Waals surface area (Å²) in [7, 11) is 0. The number of aliphatic carboxylic acids is 2. The van der Waals surface area contributed by atoms with Gasteiger partial charge in [-0.3, -0.25) is 9.59 Å². The van der Waals surface area contributed by atoms with Crippen molar-refractivity contribution in [3.63, 3.8) is 0 Å². The van der Waals surface area contributed by atoms with Crippen molar-refractivity contribution in [1.82, 2.24) is 0 Å². The van der Waals surface area contributed by atoms with E-state index in [9.17, 15) is 0 Å². The van der Waals surface area contributed by atoms with Crippen LogP contribution < -0.4 is 0 Å². The second kappa shape index (κ2) is 22.6. The molecule has 6 nitrogen and oxygen atoms in total. The number of hydrogen-bond donors (Lipinski definition) is 3. The Kier molecular flexibility index (Phi) is 37.3. The van der Waals surface area contributed by atoms with Crippen LogP contribution in [0.5, 0.6) is 0 Å². The van der Waals surface area contributed by atoms with E-state index < -0.39 is 11.9 Å². The Labute approximate surface area is 83.5 Å². The fourth-order valence-corrected chi connectivity index (χ4v) is 0.158. The highest BCUT2D eigenvalue weighted by molar-refractivity contribution is 5.63. The van der Waals surface area contributed by atoms with Crippen molar-refractivity contribution in [2.75, 3.05) is 6.61 Å². The fourth-order valence-electron chi connectivity index (χ4n) is 0.158. The van der Waals surface area contributed by atoms with Gasteiger partial charge in [0, 0.05) is 20.5 Å². The normalized spacial score (nSPS) is 6.57. The smallest absolute Gasteiger partial charge is 0.300 e. The number of hydrogen-bond acceptors (Lipinski definition) is 3. The van der Waals surface area contributed by atoms with Crippen LogP contribution in [0.4, 0.5) is 0 Å². The van der Waals surface area contributed by atoms with Gasteiger partial charge in [-0.2, -0.15) is 0 Å². The van der Waals surface area contributed by atoms with Gasteiger partial charge in [-0.25, -0.2) is 0 Å². The zero-order chi connectivity index (χ0) is 11.3. The summed E-state index contributed by atoms with van der Waals surface area (Å²) in [6.45, 7) is 4.56. The number of carboxylic acid groups (broad SMARTS) is 2. The first-order valence-electron chi connectivity index (χ1n) is 3.88. The first-order chi connectivity index (χ1) is 5.88. The van der Waals surface area contributed by atoms with E-state index in [-0.39, 0.29) is 5.48 Å². The third-order valence-electron chi connectivity index (χ3n) is 0.512. The molecule has 0 aliphatic heterocycles. The topological polar surface area (TPSA) is 126 Å². The highest BCUT2D eigenvalue weighted by Crippen LogP contribution is 1.78. The second-order valence-electron chi connectivity index (χ2n) is 2.12. The maximum Gasteiger partial charge on any atom is 0.300 e. The van der Waals surface area contributed by atoms with Crippen molar-refractivity contribution in [2.24, 2.45) is 0 Å². The predicted octanol–water partition coefficient (Wildman–Crippen LogP) is 0.136. The molecule has 0 unspecified atom stereocenters. The van der Waals surface area contributed by atoms with Crippen LogP contribution in [0, 0.1) is 0 Å². The molecular formula is C8H20O6. The largest absolute Gasteiger partial charge is 0.481 e. The minimum absolute atomic E-state index is 0. The van der Waals surface area contributed by atoms with E-state index in [2.05, 4.69) is 6.92 Å². The van der Waals surface area contributed by atoms with Gasteiger partial charge in [0.15, 0.2) is 0 Å². The van der Waals surface area contributed by atoms with Crippen LogP contribution in [0.15, 0.2) is 0 Å². The van der Waals surface area contributed by atoms with Crippen molar-refractivity contribution in [2.45, 2.75) is 33.6 Å². The minimum atomic E-state index is -0.833. The van der Waals surface area contributed by atoms with Gasteiger partial charge in [0.05, 0.1) is 0 Å². The highest BCUT2D eigenvalue weighted by atomic mass is 16.4. The number of carbonyl (C=O) groups is 2. The molecule has 0 aromatic heterocycles. The number of aliphatic hydroxyl groups excluding tert-OH is 1. The van der Waals surface area contributed by atoms with E-state index in [0.29, 0.717) is 6.61 Å². The van der Waals surface area contributed by atoms with Crippen molar-refractivity contribution in [3.05, 3.63) is 0 Å². The number of carboxylic acids is 2. The van der Waals surface area contributed by atoms with Crippen LogP contribution in [0.3, 0.4) is 0 Å². The van der Waals surface area contributed by atoms with Crippen molar-refractivity contribution in [1.29, 1.82) is 0 Å². The number of aliphatic hydroxyl groups is 1. The Balaban J connectivity index is -0.0000000522. The molecule has 0 radical (unpaired) electrons. The average molecular weight is 212 g/mol. The molecule has 0 heterocycles. The average Bonchev–Trinajstić information content (AvgIpc) is 1.86. The van der Waals surface area contributed by atoms with E-state index in [1.54, 1.807) is 0 Å². The summed E-state index contributed by atoms with van der Waals surface area (Å²) >= 11 is 0. The molecule has 0 atom stereocenters. The molecule has 0 aromatic carbocycles. The maximum atomic E-state index is 9.00.